The van der Waals surface area contributed by atoms with Crippen LogP contribution in [0, 0.1) is 15.9 Å². The minimum atomic E-state index is -0.519. The van der Waals surface area contributed by atoms with Crippen molar-refractivity contribution >= 4 is 23.4 Å². The smallest absolute Gasteiger partial charge is 0.284 e. The summed E-state index contributed by atoms with van der Waals surface area (Å²) in [7, 11) is 0. The summed E-state index contributed by atoms with van der Waals surface area (Å²) in [5.41, 5.74) is 0.105. The van der Waals surface area contributed by atoms with E-state index in [-0.39, 0.29) is 23.0 Å². The second-order valence-corrected chi connectivity index (χ2v) is 6.22. The van der Waals surface area contributed by atoms with E-state index in [1.165, 1.54) is 18.2 Å². The van der Waals surface area contributed by atoms with Gasteiger partial charge in [0.2, 0.25) is 0 Å². The summed E-state index contributed by atoms with van der Waals surface area (Å²) in [5.74, 6) is -0.696. The molecule has 24 heavy (non-hydrogen) atoms. The number of nitro benzene ring substituents is 1. The van der Waals surface area contributed by atoms with Gasteiger partial charge in [0.05, 0.1) is 9.82 Å². The van der Waals surface area contributed by atoms with Gasteiger partial charge in [0, 0.05) is 23.1 Å². The molecule has 0 saturated carbocycles. The highest BCUT2D eigenvalue weighted by Gasteiger charge is 2.18. The van der Waals surface area contributed by atoms with Crippen molar-refractivity contribution in [2.45, 2.75) is 29.6 Å². The zero-order valence-corrected chi connectivity index (χ0v) is 13.9. The summed E-state index contributed by atoms with van der Waals surface area (Å²) in [6, 6.07) is 10.1. The molecule has 7 heteroatoms. The SMILES string of the molecule is CCCCNC(=O)c1ccc(Sc2ccc(F)cc2)c([N+](=O)[O-])c1. The van der Waals surface area contributed by atoms with E-state index in [2.05, 4.69) is 5.32 Å². The Morgan fingerprint density at radius 1 is 1.25 bits per heavy atom. The third kappa shape index (κ3) is 4.79. The normalized spacial score (nSPS) is 10.4. The molecule has 1 amide bonds. The second-order valence-electron chi connectivity index (χ2n) is 5.11. The molecule has 2 aromatic carbocycles. The van der Waals surface area contributed by atoms with Gasteiger partial charge in [-0.2, -0.15) is 0 Å². The van der Waals surface area contributed by atoms with Crippen molar-refractivity contribution in [2.75, 3.05) is 6.54 Å². The van der Waals surface area contributed by atoms with Gasteiger partial charge in [0.25, 0.3) is 11.6 Å². The largest absolute Gasteiger partial charge is 0.352 e. The van der Waals surface area contributed by atoms with E-state index in [1.807, 2.05) is 6.92 Å². The Morgan fingerprint density at radius 3 is 2.58 bits per heavy atom. The summed E-state index contributed by atoms with van der Waals surface area (Å²) in [6.45, 7) is 2.55. The Kier molecular flexibility index (Phi) is 6.31. The predicted molar refractivity (Wildman–Crippen MR) is 90.9 cm³/mol. The standard InChI is InChI=1S/C17H17FN2O3S/c1-2-3-10-19-17(21)12-4-9-16(15(11-12)20(22)23)24-14-7-5-13(18)6-8-14/h4-9,11H,2-3,10H2,1H3,(H,19,21). The molecule has 0 aromatic heterocycles. The number of amides is 1. The van der Waals surface area contributed by atoms with E-state index in [0.29, 0.717) is 16.3 Å². The van der Waals surface area contributed by atoms with Crippen LogP contribution in [0.3, 0.4) is 0 Å². The summed E-state index contributed by atoms with van der Waals surface area (Å²) < 4.78 is 12.9. The first-order valence-electron chi connectivity index (χ1n) is 7.51. The van der Waals surface area contributed by atoms with Crippen LogP contribution in [0.5, 0.6) is 0 Å². The Bertz CT molecular complexity index is 735. The Balaban J connectivity index is 2.21. The number of unbranched alkanes of at least 4 members (excludes halogenated alkanes) is 1. The van der Waals surface area contributed by atoms with Gasteiger partial charge in [-0.3, -0.25) is 14.9 Å². The molecule has 0 spiro atoms. The summed E-state index contributed by atoms with van der Waals surface area (Å²) >= 11 is 1.15. The zero-order valence-electron chi connectivity index (χ0n) is 13.1. The average Bonchev–Trinajstić information content (AvgIpc) is 2.57. The fourth-order valence-corrected chi connectivity index (χ4v) is 2.90. The van der Waals surface area contributed by atoms with Crippen molar-refractivity contribution in [1.29, 1.82) is 0 Å². The molecule has 0 unspecified atom stereocenters. The van der Waals surface area contributed by atoms with Gasteiger partial charge in [0.1, 0.15) is 5.82 Å². The maximum atomic E-state index is 12.9. The molecule has 0 aliphatic rings. The number of carbonyl (C=O) groups excluding carboxylic acids is 1. The maximum absolute atomic E-state index is 12.9. The number of rotatable bonds is 7. The molecule has 0 bridgehead atoms. The van der Waals surface area contributed by atoms with Crippen LogP contribution in [0.1, 0.15) is 30.1 Å². The molecule has 0 saturated heterocycles. The van der Waals surface area contributed by atoms with Crippen LogP contribution in [-0.4, -0.2) is 17.4 Å². The zero-order chi connectivity index (χ0) is 17.5. The van der Waals surface area contributed by atoms with Crippen LogP contribution in [0.15, 0.2) is 52.3 Å². The van der Waals surface area contributed by atoms with Crippen LogP contribution < -0.4 is 5.32 Å². The Morgan fingerprint density at radius 2 is 1.96 bits per heavy atom. The van der Waals surface area contributed by atoms with Crippen LogP contribution >= 0.6 is 11.8 Å². The number of hydrogen-bond donors (Lipinski definition) is 1. The number of hydrogen-bond acceptors (Lipinski definition) is 4. The highest BCUT2D eigenvalue weighted by atomic mass is 32.2. The van der Waals surface area contributed by atoms with Crippen molar-refractivity contribution in [2.24, 2.45) is 0 Å². The number of halogens is 1. The van der Waals surface area contributed by atoms with Crippen LogP contribution in [0.4, 0.5) is 10.1 Å². The minimum Gasteiger partial charge on any atom is -0.352 e. The van der Waals surface area contributed by atoms with E-state index < -0.39 is 4.92 Å². The first-order valence-corrected chi connectivity index (χ1v) is 8.33. The lowest BCUT2D eigenvalue weighted by Gasteiger charge is -2.07. The molecule has 0 radical (unpaired) electrons. The van der Waals surface area contributed by atoms with E-state index in [9.17, 15) is 19.3 Å². The van der Waals surface area contributed by atoms with Crippen molar-refractivity contribution in [3.63, 3.8) is 0 Å². The lowest BCUT2D eigenvalue weighted by molar-refractivity contribution is -0.387. The van der Waals surface area contributed by atoms with Crippen molar-refractivity contribution in [1.82, 2.24) is 5.32 Å². The lowest BCUT2D eigenvalue weighted by atomic mass is 10.2. The monoisotopic (exact) mass is 348 g/mol. The van der Waals surface area contributed by atoms with Crippen molar-refractivity contribution in [3.8, 4) is 0 Å². The first-order chi connectivity index (χ1) is 11.5. The molecule has 126 valence electrons. The van der Waals surface area contributed by atoms with Gasteiger partial charge in [-0.05, 0) is 42.8 Å². The molecular weight excluding hydrogens is 331 g/mol. The number of nitrogens with one attached hydrogen (secondary N) is 1. The average molecular weight is 348 g/mol. The number of carbonyl (C=O) groups is 1. The molecule has 5 nitrogen and oxygen atoms in total. The Hall–Kier alpha value is -2.41. The molecule has 0 fully saturated rings. The molecule has 2 rings (SSSR count). The van der Waals surface area contributed by atoms with Crippen LogP contribution in [-0.2, 0) is 0 Å². The topological polar surface area (TPSA) is 72.2 Å². The summed E-state index contributed by atoms with van der Waals surface area (Å²) in [4.78, 5) is 23.9. The highest BCUT2D eigenvalue weighted by Crippen LogP contribution is 2.35. The molecular formula is C17H17FN2O3S. The third-order valence-corrected chi connectivity index (χ3v) is 4.35. The first kappa shape index (κ1) is 17.9. The van der Waals surface area contributed by atoms with Gasteiger partial charge in [-0.15, -0.1) is 0 Å². The van der Waals surface area contributed by atoms with E-state index in [1.54, 1.807) is 24.3 Å². The van der Waals surface area contributed by atoms with Gasteiger partial charge < -0.3 is 5.32 Å². The fraction of sp³-hybridized carbons (Fsp3) is 0.235. The van der Waals surface area contributed by atoms with Gasteiger partial charge >= 0.3 is 0 Å². The molecule has 0 heterocycles. The lowest BCUT2D eigenvalue weighted by Crippen LogP contribution is -2.24. The minimum absolute atomic E-state index is 0.146. The number of nitrogens with zero attached hydrogens (tertiary/aromatic N) is 1. The summed E-state index contributed by atoms with van der Waals surface area (Å²) in [5, 5.41) is 14.0. The second kappa shape index (κ2) is 8.44. The van der Waals surface area contributed by atoms with E-state index in [4.69, 9.17) is 0 Å². The van der Waals surface area contributed by atoms with Gasteiger partial charge in [-0.1, -0.05) is 25.1 Å². The van der Waals surface area contributed by atoms with Gasteiger partial charge in [-0.25, -0.2) is 4.39 Å². The number of benzene rings is 2. The predicted octanol–water partition coefficient (Wildman–Crippen LogP) is 4.42. The number of nitro groups is 1. The van der Waals surface area contributed by atoms with E-state index in [0.717, 1.165) is 24.6 Å². The summed E-state index contributed by atoms with van der Waals surface area (Å²) in [6.07, 6.45) is 1.81. The molecule has 0 atom stereocenters. The highest BCUT2D eigenvalue weighted by molar-refractivity contribution is 7.99. The molecule has 0 aliphatic heterocycles. The van der Waals surface area contributed by atoms with Crippen molar-refractivity contribution < 1.29 is 14.1 Å². The van der Waals surface area contributed by atoms with Crippen LogP contribution in [0.2, 0.25) is 0 Å². The quantitative estimate of drug-likeness (QED) is 0.457. The molecule has 1 N–H and O–H groups in total. The fourth-order valence-electron chi connectivity index (χ4n) is 2.00. The maximum Gasteiger partial charge on any atom is 0.284 e. The van der Waals surface area contributed by atoms with Gasteiger partial charge in [0.15, 0.2) is 0 Å². The molecule has 2 aromatic rings. The van der Waals surface area contributed by atoms with Crippen molar-refractivity contribution in [3.05, 3.63) is 64.0 Å². The van der Waals surface area contributed by atoms with E-state index >= 15 is 0 Å². The molecule has 0 aliphatic carbocycles. The van der Waals surface area contributed by atoms with Crippen LogP contribution in [0.25, 0.3) is 0 Å². The third-order valence-electron chi connectivity index (χ3n) is 3.28. The Labute approximate surface area is 143 Å².